The van der Waals surface area contributed by atoms with Gasteiger partial charge in [0, 0.05) is 19.0 Å². The van der Waals surface area contributed by atoms with Crippen LogP contribution in [-0.2, 0) is 14.8 Å². The average Bonchev–Trinajstić information content (AvgIpc) is 2.78. The first kappa shape index (κ1) is 21.7. The van der Waals surface area contributed by atoms with Crippen molar-refractivity contribution in [1.29, 1.82) is 0 Å². The van der Waals surface area contributed by atoms with Gasteiger partial charge in [0.1, 0.15) is 12.4 Å². The molecule has 1 aliphatic heterocycles. The minimum Gasteiger partial charge on any atom is -0.490 e. The van der Waals surface area contributed by atoms with Gasteiger partial charge in [0.15, 0.2) is 0 Å². The summed E-state index contributed by atoms with van der Waals surface area (Å²) in [5, 5.41) is 4.02. The van der Waals surface area contributed by atoms with Gasteiger partial charge in [0.25, 0.3) is 0 Å². The molecule has 7 nitrogen and oxygen atoms in total. The Labute approximate surface area is 177 Å². The van der Waals surface area contributed by atoms with E-state index in [0.717, 1.165) is 5.56 Å². The van der Waals surface area contributed by atoms with Crippen molar-refractivity contribution in [3.8, 4) is 5.75 Å². The number of benzene rings is 2. The summed E-state index contributed by atoms with van der Waals surface area (Å²) in [6.45, 7) is 4.64. The van der Waals surface area contributed by atoms with Crippen LogP contribution in [0.3, 0.4) is 0 Å². The summed E-state index contributed by atoms with van der Waals surface area (Å²) < 4.78 is 32.2. The maximum absolute atomic E-state index is 12.7. The van der Waals surface area contributed by atoms with E-state index >= 15 is 0 Å². The number of carbonyl (C=O) groups is 1. The molecule has 0 spiro atoms. The number of ether oxygens (including phenoxy) is 1. The van der Waals surface area contributed by atoms with E-state index in [1.807, 2.05) is 24.3 Å². The van der Waals surface area contributed by atoms with Gasteiger partial charge >= 0.3 is 0 Å². The van der Waals surface area contributed by atoms with Crippen LogP contribution in [0.15, 0.2) is 77.2 Å². The normalized spacial score (nSPS) is 15.7. The molecule has 0 bridgehead atoms. The maximum atomic E-state index is 12.7. The van der Waals surface area contributed by atoms with E-state index in [9.17, 15) is 13.2 Å². The summed E-state index contributed by atoms with van der Waals surface area (Å²) in [6, 6.07) is 15.7. The van der Waals surface area contributed by atoms with E-state index in [-0.39, 0.29) is 16.7 Å². The molecule has 0 aromatic heterocycles. The Balaban J connectivity index is 1.51. The third-order valence-corrected chi connectivity index (χ3v) is 6.73. The number of sulfonamides is 1. The molecule has 0 unspecified atom stereocenters. The van der Waals surface area contributed by atoms with Crippen LogP contribution in [0.5, 0.6) is 5.75 Å². The predicted octanol–water partition coefficient (Wildman–Crippen LogP) is 2.80. The number of amides is 1. The first-order valence-electron chi connectivity index (χ1n) is 9.72. The summed E-state index contributed by atoms with van der Waals surface area (Å²) in [6.07, 6.45) is 4.13. The van der Waals surface area contributed by atoms with Crippen LogP contribution in [0.2, 0.25) is 0 Å². The van der Waals surface area contributed by atoms with Gasteiger partial charge in [-0.15, -0.1) is 0 Å². The molecule has 1 N–H and O–H groups in total. The largest absolute Gasteiger partial charge is 0.490 e. The Kier molecular flexibility index (Phi) is 7.37. The monoisotopic (exact) mass is 427 g/mol. The molecule has 1 aliphatic rings. The van der Waals surface area contributed by atoms with Crippen molar-refractivity contribution >= 4 is 22.1 Å². The average molecular weight is 428 g/mol. The molecule has 0 atom stereocenters. The van der Waals surface area contributed by atoms with Crippen molar-refractivity contribution < 1.29 is 17.9 Å². The van der Waals surface area contributed by atoms with E-state index in [1.165, 1.54) is 4.31 Å². The van der Waals surface area contributed by atoms with E-state index in [0.29, 0.717) is 38.3 Å². The van der Waals surface area contributed by atoms with Gasteiger partial charge in [-0.2, -0.15) is 9.41 Å². The number of carbonyl (C=O) groups excluding carboxylic acids is 1. The highest BCUT2D eigenvalue weighted by molar-refractivity contribution is 7.89. The number of rotatable bonds is 8. The van der Waals surface area contributed by atoms with Crippen LogP contribution < -0.4 is 10.2 Å². The van der Waals surface area contributed by atoms with Crippen LogP contribution in [0.4, 0.5) is 0 Å². The molecule has 1 saturated heterocycles. The molecule has 1 amide bonds. The van der Waals surface area contributed by atoms with Crippen molar-refractivity contribution in [1.82, 2.24) is 9.73 Å². The summed E-state index contributed by atoms with van der Waals surface area (Å²) >= 11 is 0. The Morgan fingerprint density at radius 3 is 2.60 bits per heavy atom. The van der Waals surface area contributed by atoms with Crippen LogP contribution in [0.25, 0.3) is 0 Å². The second-order valence-corrected chi connectivity index (χ2v) is 8.84. The lowest BCUT2D eigenvalue weighted by atomic mass is 9.98. The van der Waals surface area contributed by atoms with Crippen LogP contribution >= 0.6 is 0 Å². The highest BCUT2D eigenvalue weighted by Crippen LogP contribution is 2.23. The van der Waals surface area contributed by atoms with Gasteiger partial charge in [-0.1, -0.05) is 43.0 Å². The standard InChI is InChI=1S/C22H25N3O4S/c1-2-15-29-20-8-6-7-18(16-20)17-23-24-22(26)19-11-13-25(14-12-19)30(27,28)21-9-4-3-5-10-21/h2-10,16-17,19H,1,11-15H2,(H,24,26)/b23-17-. The van der Waals surface area contributed by atoms with Gasteiger partial charge < -0.3 is 4.74 Å². The Morgan fingerprint density at radius 2 is 1.90 bits per heavy atom. The first-order valence-corrected chi connectivity index (χ1v) is 11.2. The number of nitrogens with zero attached hydrogens (tertiary/aromatic N) is 2. The van der Waals surface area contributed by atoms with Crippen molar-refractivity contribution in [2.45, 2.75) is 17.7 Å². The van der Waals surface area contributed by atoms with Gasteiger partial charge in [-0.3, -0.25) is 4.79 Å². The molecule has 0 radical (unpaired) electrons. The molecule has 1 heterocycles. The van der Waals surface area contributed by atoms with Crippen molar-refractivity contribution in [2.75, 3.05) is 19.7 Å². The van der Waals surface area contributed by atoms with Gasteiger partial charge in [-0.25, -0.2) is 13.8 Å². The molecular weight excluding hydrogens is 402 g/mol. The summed E-state index contributed by atoms with van der Waals surface area (Å²) in [4.78, 5) is 12.7. The minimum atomic E-state index is -3.52. The van der Waals surface area contributed by atoms with E-state index in [2.05, 4.69) is 17.1 Å². The number of hydrogen-bond acceptors (Lipinski definition) is 5. The van der Waals surface area contributed by atoms with Crippen molar-refractivity contribution in [3.63, 3.8) is 0 Å². The second kappa shape index (κ2) is 10.2. The number of piperidine rings is 1. The fourth-order valence-corrected chi connectivity index (χ4v) is 4.69. The van der Waals surface area contributed by atoms with Crippen molar-refractivity contribution in [3.05, 3.63) is 72.8 Å². The summed E-state index contributed by atoms with van der Waals surface area (Å²) in [7, 11) is -3.52. The molecule has 3 rings (SSSR count). The smallest absolute Gasteiger partial charge is 0.243 e. The third kappa shape index (κ3) is 5.55. The number of hydrogen-bond donors (Lipinski definition) is 1. The zero-order valence-corrected chi connectivity index (χ0v) is 17.4. The van der Waals surface area contributed by atoms with Gasteiger partial charge in [-0.05, 0) is 42.7 Å². The van der Waals surface area contributed by atoms with Gasteiger partial charge in [0.05, 0.1) is 11.1 Å². The van der Waals surface area contributed by atoms with Gasteiger partial charge in [0.2, 0.25) is 15.9 Å². The SMILES string of the molecule is C=CCOc1cccc(/C=N\NC(=O)C2CCN(S(=O)(=O)c3ccccc3)CC2)c1. The number of hydrazone groups is 1. The molecule has 2 aromatic carbocycles. The summed E-state index contributed by atoms with van der Waals surface area (Å²) in [5.41, 5.74) is 3.35. The van der Waals surface area contributed by atoms with Crippen LogP contribution in [0.1, 0.15) is 18.4 Å². The van der Waals surface area contributed by atoms with Crippen molar-refractivity contribution in [2.24, 2.45) is 11.0 Å². The molecule has 0 aliphatic carbocycles. The van der Waals surface area contributed by atoms with E-state index < -0.39 is 10.0 Å². The fourth-order valence-electron chi connectivity index (χ4n) is 3.20. The molecule has 158 valence electrons. The van der Waals surface area contributed by atoms with E-state index in [1.54, 1.807) is 42.6 Å². The van der Waals surface area contributed by atoms with Crippen LogP contribution in [-0.4, -0.2) is 44.5 Å². The Hall–Kier alpha value is -2.97. The summed E-state index contributed by atoms with van der Waals surface area (Å²) in [5.74, 6) is 0.214. The predicted molar refractivity (Wildman–Crippen MR) is 116 cm³/mol. The molecule has 0 saturated carbocycles. The number of nitrogens with one attached hydrogen (secondary N) is 1. The minimum absolute atomic E-state index is 0.206. The zero-order valence-electron chi connectivity index (χ0n) is 16.6. The van der Waals surface area contributed by atoms with E-state index in [4.69, 9.17) is 4.74 Å². The first-order chi connectivity index (χ1) is 14.5. The highest BCUT2D eigenvalue weighted by Gasteiger charge is 2.31. The molecule has 1 fully saturated rings. The maximum Gasteiger partial charge on any atom is 0.243 e. The molecule has 30 heavy (non-hydrogen) atoms. The highest BCUT2D eigenvalue weighted by atomic mass is 32.2. The topological polar surface area (TPSA) is 88.1 Å². The lowest BCUT2D eigenvalue weighted by molar-refractivity contribution is -0.126. The fraction of sp³-hybridized carbons (Fsp3) is 0.273. The molecule has 2 aromatic rings. The Morgan fingerprint density at radius 1 is 1.17 bits per heavy atom. The molecule has 8 heteroatoms. The molecular formula is C22H25N3O4S. The zero-order chi connectivity index (χ0) is 21.4. The lowest BCUT2D eigenvalue weighted by Gasteiger charge is -2.30. The lowest BCUT2D eigenvalue weighted by Crippen LogP contribution is -2.42. The quantitative estimate of drug-likeness (QED) is 0.399. The van der Waals surface area contributed by atoms with Crippen LogP contribution in [0, 0.1) is 5.92 Å². The third-order valence-electron chi connectivity index (χ3n) is 4.82. The second-order valence-electron chi connectivity index (χ2n) is 6.90. The Bertz CT molecular complexity index is 998.